The number of amides is 1. The van der Waals surface area contributed by atoms with Crippen molar-refractivity contribution >= 4 is 44.7 Å². The van der Waals surface area contributed by atoms with Crippen molar-refractivity contribution in [1.82, 2.24) is 4.57 Å². The Kier molecular flexibility index (Phi) is 3.05. The lowest BCUT2D eigenvalue weighted by molar-refractivity contribution is 0.102. The number of fused-ring (bicyclic) bond motifs is 1. The molecular formula is C14H11ClN2OS. The van der Waals surface area contributed by atoms with Gasteiger partial charge in [0.2, 0.25) is 0 Å². The van der Waals surface area contributed by atoms with Gasteiger partial charge in [-0.25, -0.2) is 0 Å². The molecule has 0 aliphatic heterocycles. The van der Waals surface area contributed by atoms with Crippen molar-refractivity contribution in [3.05, 3.63) is 52.5 Å². The number of halogens is 1. The maximum atomic E-state index is 12.3. The summed E-state index contributed by atoms with van der Waals surface area (Å²) >= 11 is 7.66. The van der Waals surface area contributed by atoms with Crippen LogP contribution in [0.25, 0.3) is 10.2 Å². The molecule has 0 saturated carbocycles. The molecule has 19 heavy (non-hydrogen) atoms. The molecule has 2 aromatic heterocycles. The average molecular weight is 291 g/mol. The second-order valence-electron chi connectivity index (χ2n) is 4.19. The minimum absolute atomic E-state index is 0.154. The second-order valence-corrected chi connectivity index (χ2v) is 5.55. The summed E-state index contributed by atoms with van der Waals surface area (Å²) in [7, 11) is 1.89. The van der Waals surface area contributed by atoms with Gasteiger partial charge in [0.15, 0.2) is 0 Å². The van der Waals surface area contributed by atoms with Gasteiger partial charge in [0, 0.05) is 7.05 Å². The number of para-hydroxylation sites is 1. The minimum atomic E-state index is -0.154. The molecule has 0 atom stereocenters. The van der Waals surface area contributed by atoms with E-state index in [1.165, 1.54) is 0 Å². The number of aromatic nitrogens is 1. The van der Waals surface area contributed by atoms with Crippen molar-refractivity contribution in [2.45, 2.75) is 0 Å². The second kappa shape index (κ2) is 4.72. The average Bonchev–Trinajstić information content (AvgIpc) is 2.96. The largest absolute Gasteiger partial charge is 0.339 e. The van der Waals surface area contributed by atoms with Crippen LogP contribution < -0.4 is 5.32 Å². The van der Waals surface area contributed by atoms with Gasteiger partial charge in [-0.15, -0.1) is 11.3 Å². The van der Waals surface area contributed by atoms with Crippen LogP contribution >= 0.6 is 22.9 Å². The Balaban J connectivity index is 1.94. The predicted octanol–water partition coefficient (Wildman–Crippen LogP) is 4.15. The van der Waals surface area contributed by atoms with Crippen LogP contribution in [0.5, 0.6) is 0 Å². The molecule has 0 spiro atoms. The Labute approximate surface area is 119 Å². The molecule has 3 rings (SSSR count). The number of thiophene rings is 1. The van der Waals surface area contributed by atoms with Gasteiger partial charge in [0.1, 0.15) is 5.69 Å². The summed E-state index contributed by atoms with van der Waals surface area (Å²) in [4.78, 5) is 12.3. The Morgan fingerprint density at radius 1 is 1.32 bits per heavy atom. The van der Waals surface area contributed by atoms with Gasteiger partial charge in [0.25, 0.3) is 5.91 Å². The lowest BCUT2D eigenvalue weighted by Crippen LogP contribution is -2.15. The van der Waals surface area contributed by atoms with Crippen molar-refractivity contribution in [2.75, 3.05) is 5.32 Å². The normalized spacial score (nSPS) is 10.8. The Morgan fingerprint density at radius 3 is 2.84 bits per heavy atom. The van der Waals surface area contributed by atoms with E-state index in [1.807, 2.05) is 41.3 Å². The van der Waals surface area contributed by atoms with Gasteiger partial charge in [-0.05, 0) is 29.6 Å². The Hall–Kier alpha value is -1.78. The first-order valence-corrected chi connectivity index (χ1v) is 7.01. The standard InChI is InChI=1S/C14H11ClN2OS/c1-17-11-6-7-19-13(11)8-12(17)14(18)16-10-5-3-2-4-9(10)15/h2-8H,1H3,(H,16,18). The summed E-state index contributed by atoms with van der Waals surface area (Å²) in [5.41, 5.74) is 2.31. The van der Waals surface area contributed by atoms with Crippen LogP contribution in [-0.4, -0.2) is 10.5 Å². The predicted molar refractivity (Wildman–Crippen MR) is 80.2 cm³/mol. The van der Waals surface area contributed by atoms with Crippen LogP contribution in [0, 0.1) is 0 Å². The van der Waals surface area contributed by atoms with Crippen LogP contribution in [0.2, 0.25) is 5.02 Å². The van der Waals surface area contributed by atoms with Crippen LogP contribution in [0.1, 0.15) is 10.5 Å². The van der Waals surface area contributed by atoms with Crippen molar-refractivity contribution in [3.8, 4) is 0 Å². The number of nitrogens with one attached hydrogen (secondary N) is 1. The maximum absolute atomic E-state index is 12.3. The monoisotopic (exact) mass is 290 g/mol. The fraction of sp³-hybridized carbons (Fsp3) is 0.0714. The molecule has 0 fully saturated rings. The van der Waals surface area contributed by atoms with Crippen molar-refractivity contribution in [2.24, 2.45) is 7.05 Å². The lowest BCUT2D eigenvalue weighted by atomic mass is 10.3. The maximum Gasteiger partial charge on any atom is 0.272 e. The number of hydrogen-bond donors (Lipinski definition) is 1. The quantitative estimate of drug-likeness (QED) is 0.756. The van der Waals surface area contributed by atoms with Gasteiger partial charge in [-0.2, -0.15) is 0 Å². The smallest absolute Gasteiger partial charge is 0.272 e. The molecule has 3 nitrogen and oxygen atoms in total. The summed E-state index contributed by atoms with van der Waals surface area (Å²) in [6.07, 6.45) is 0. The molecule has 3 aromatic rings. The van der Waals surface area contributed by atoms with E-state index in [0.29, 0.717) is 16.4 Å². The number of carbonyl (C=O) groups is 1. The number of benzene rings is 1. The molecule has 0 aliphatic rings. The first kappa shape index (κ1) is 12.3. The first-order valence-electron chi connectivity index (χ1n) is 5.75. The highest BCUT2D eigenvalue weighted by Gasteiger charge is 2.14. The minimum Gasteiger partial charge on any atom is -0.339 e. The van der Waals surface area contributed by atoms with Crippen molar-refractivity contribution in [1.29, 1.82) is 0 Å². The Morgan fingerprint density at radius 2 is 2.11 bits per heavy atom. The topological polar surface area (TPSA) is 34.0 Å². The molecular weight excluding hydrogens is 280 g/mol. The van der Waals surface area contributed by atoms with E-state index in [-0.39, 0.29) is 5.91 Å². The summed E-state index contributed by atoms with van der Waals surface area (Å²) in [6.45, 7) is 0. The molecule has 2 heterocycles. The molecule has 1 amide bonds. The van der Waals surface area contributed by atoms with Gasteiger partial charge in [-0.1, -0.05) is 23.7 Å². The zero-order valence-electron chi connectivity index (χ0n) is 10.2. The van der Waals surface area contributed by atoms with E-state index < -0.39 is 0 Å². The van der Waals surface area contributed by atoms with E-state index in [2.05, 4.69) is 5.32 Å². The third kappa shape index (κ3) is 2.13. The Bertz CT molecular complexity index is 760. The van der Waals surface area contributed by atoms with Crippen LogP contribution in [-0.2, 0) is 7.05 Å². The first-order chi connectivity index (χ1) is 9.16. The third-order valence-corrected chi connectivity index (χ3v) is 4.20. The molecule has 96 valence electrons. The summed E-state index contributed by atoms with van der Waals surface area (Å²) in [6, 6.07) is 11.1. The van der Waals surface area contributed by atoms with Crippen LogP contribution in [0.15, 0.2) is 41.8 Å². The third-order valence-electron chi connectivity index (χ3n) is 3.02. The SMILES string of the molecule is Cn1c(C(=O)Nc2ccccc2Cl)cc2sccc21. The molecule has 5 heteroatoms. The molecule has 0 radical (unpaired) electrons. The number of aryl methyl sites for hydroxylation is 1. The van der Waals surface area contributed by atoms with Crippen molar-refractivity contribution in [3.63, 3.8) is 0 Å². The highest BCUT2D eigenvalue weighted by atomic mass is 35.5. The summed E-state index contributed by atoms with van der Waals surface area (Å²) < 4.78 is 2.99. The number of hydrogen-bond acceptors (Lipinski definition) is 2. The summed E-state index contributed by atoms with van der Waals surface area (Å²) in [5, 5.41) is 5.38. The fourth-order valence-electron chi connectivity index (χ4n) is 2.02. The zero-order chi connectivity index (χ0) is 13.4. The fourth-order valence-corrected chi connectivity index (χ4v) is 3.05. The molecule has 1 N–H and O–H groups in total. The number of carbonyl (C=O) groups excluding carboxylic acids is 1. The molecule has 0 saturated heterocycles. The highest BCUT2D eigenvalue weighted by Crippen LogP contribution is 2.26. The molecule has 0 unspecified atom stereocenters. The van der Waals surface area contributed by atoms with Gasteiger partial charge >= 0.3 is 0 Å². The van der Waals surface area contributed by atoms with Gasteiger partial charge in [-0.3, -0.25) is 4.79 Å². The molecule has 1 aromatic carbocycles. The summed E-state index contributed by atoms with van der Waals surface area (Å²) in [5.74, 6) is -0.154. The van der Waals surface area contributed by atoms with E-state index >= 15 is 0 Å². The van der Waals surface area contributed by atoms with E-state index in [1.54, 1.807) is 23.5 Å². The lowest BCUT2D eigenvalue weighted by Gasteiger charge is -2.07. The molecule has 0 bridgehead atoms. The number of rotatable bonds is 2. The number of anilines is 1. The molecule has 0 aliphatic carbocycles. The van der Waals surface area contributed by atoms with E-state index in [0.717, 1.165) is 10.2 Å². The van der Waals surface area contributed by atoms with E-state index in [9.17, 15) is 4.79 Å². The van der Waals surface area contributed by atoms with Crippen LogP contribution in [0.3, 0.4) is 0 Å². The van der Waals surface area contributed by atoms with Crippen LogP contribution in [0.4, 0.5) is 5.69 Å². The van der Waals surface area contributed by atoms with Crippen molar-refractivity contribution < 1.29 is 4.79 Å². The van der Waals surface area contributed by atoms with E-state index in [4.69, 9.17) is 11.6 Å². The highest BCUT2D eigenvalue weighted by molar-refractivity contribution is 7.17. The number of nitrogens with zero attached hydrogens (tertiary/aromatic N) is 1. The van der Waals surface area contributed by atoms with Gasteiger partial charge in [0.05, 0.1) is 20.9 Å². The zero-order valence-corrected chi connectivity index (χ0v) is 11.8. The van der Waals surface area contributed by atoms with Gasteiger partial charge < -0.3 is 9.88 Å².